The highest BCUT2D eigenvalue weighted by atomic mass is 35.5. The van der Waals surface area contributed by atoms with Crippen LogP contribution in [0.1, 0.15) is 18.4 Å². The van der Waals surface area contributed by atoms with Gasteiger partial charge in [-0.15, -0.1) is 0 Å². The quantitative estimate of drug-likeness (QED) is 0.883. The molecule has 0 heterocycles. The molecule has 1 aliphatic carbocycles. The number of hydrogen-bond donors (Lipinski definition) is 1. The van der Waals surface area contributed by atoms with Crippen LogP contribution in [0, 0.1) is 11.7 Å². The molecule has 16 heavy (non-hydrogen) atoms. The molecule has 88 valence electrons. The maximum absolute atomic E-state index is 12.9. The van der Waals surface area contributed by atoms with Crippen LogP contribution >= 0.6 is 11.6 Å². The molecule has 2 N–H and O–H groups in total. The van der Waals surface area contributed by atoms with E-state index in [4.69, 9.17) is 22.1 Å². The Morgan fingerprint density at radius 1 is 1.44 bits per heavy atom. The molecule has 1 aromatic rings. The number of hydrogen-bond acceptors (Lipinski definition) is 2. The van der Waals surface area contributed by atoms with Crippen LogP contribution in [0.5, 0.6) is 0 Å². The minimum Gasteiger partial charge on any atom is -0.374 e. The van der Waals surface area contributed by atoms with E-state index in [1.54, 1.807) is 12.1 Å². The Bertz CT molecular complexity index is 366. The van der Waals surface area contributed by atoms with Crippen molar-refractivity contribution < 1.29 is 9.13 Å². The monoisotopic (exact) mass is 243 g/mol. The third-order valence-corrected chi connectivity index (χ3v) is 3.29. The van der Waals surface area contributed by atoms with E-state index in [9.17, 15) is 4.39 Å². The first-order valence-corrected chi connectivity index (χ1v) is 5.82. The molecule has 2 rings (SSSR count). The van der Waals surface area contributed by atoms with E-state index in [2.05, 4.69) is 0 Å². The van der Waals surface area contributed by atoms with Crippen molar-refractivity contribution in [3.05, 3.63) is 34.6 Å². The second kappa shape index (κ2) is 5.13. The standard InChI is InChI=1S/C12H15ClFNO/c13-11-5-8(1-2-12(11)14)7-16-10-3-9(4-10)6-15/h1-2,5,9-10H,3-4,6-7,15H2. The zero-order valence-corrected chi connectivity index (χ0v) is 9.71. The van der Waals surface area contributed by atoms with Crippen LogP contribution < -0.4 is 5.73 Å². The second-order valence-electron chi connectivity index (χ2n) is 4.25. The number of halogens is 2. The van der Waals surface area contributed by atoms with Gasteiger partial charge in [0.05, 0.1) is 17.7 Å². The van der Waals surface area contributed by atoms with Gasteiger partial charge < -0.3 is 10.5 Å². The van der Waals surface area contributed by atoms with Gasteiger partial charge in [0, 0.05) is 0 Å². The third kappa shape index (κ3) is 2.73. The topological polar surface area (TPSA) is 35.2 Å². The van der Waals surface area contributed by atoms with Gasteiger partial charge in [0.2, 0.25) is 0 Å². The van der Waals surface area contributed by atoms with Gasteiger partial charge in [-0.3, -0.25) is 0 Å². The lowest BCUT2D eigenvalue weighted by atomic mass is 9.82. The van der Waals surface area contributed by atoms with Gasteiger partial charge in [-0.25, -0.2) is 4.39 Å². The zero-order valence-electron chi connectivity index (χ0n) is 8.96. The molecule has 0 saturated heterocycles. The highest BCUT2D eigenvalue weighted by Crippen LogP contribution is 2.29. The highest BCUT2D eigenvalue weighted by molar-refractivity contribution is 6.30. The van der Waals surface area contributed by atoms with Crippen LogP contribution in [0.2, 0.25) is 5.02 Å². The number of nitrogens with two attached hydrogens (primary N) is 1. The molecule has 2 nitrogen and oxygen atoms in total. The summed E-state index contributed by atoms with van der Waals surface area (Å²) < 4.78 is 18.5. The Morgan fingerprint density at radius 2 is 2.19 bits per heavy atom. The van der Waals surface area contributed by atoms with Crippen LogP contribution in [-0.2, 0) is 11.3 Å². The second-order valence-corrected chi connectivity index (χ2v) is 4.66. The summed E-state index contributed by atoms with van der Waals surface area (Å²) in [5.74, 6) is 0.221. The number of benzene rings is 1. The third-order valence-electron chi connectivity index (χ3n) is 3.00. The Hall–Kier alpha value is -0.640. The molecule has 0 amide bonds. The fourth-order valence-corrected chi connectivity index (χ4v) is 2.05. The van der Waals surface area contributed by atoms with Crippen LogP contribution in [-0.4, -0.2) is 12.6 Å². The summed E-state index contributed by atoms with van der Waals surface area (Å²) in [5.41, 5.74) is 6.43. The van der Waals surface area contributed by atoms with Crippen molar-refractivity contribution in [2.45, 2.75) is 25.6 Å². The van der Waals surface area contributed by atoms with Gasteiger partial charge in [0.1, 0.15) is 5.82 Å². The Labute approximate surface area is 99.5 Å². The molecule has 1 aromatic carbocycles. The maximum Gasteiger partial charge on any atom is 0.141 e. The average molecular weight is 244 g/mol. The molecule has 4 heteroatoms. The summed E-state index contributed by atoms with van der Waals surface area (Å²) in [4.78, 5) is 0. The van der Waals surface area contributed by atoms with Crippen LogP contribution in [0.3, 0.4) is 0 Å². The van der Waals surface area contributed by atoms with E-state index in [-0.39, 0.29) is 5.02 Å². The molecule has 0 aromatic heterocycles. The molecule has 1 fully saturated rings. The van der Waals surface area contributed by atoms with E-state index in [0.717, 1.165) is 24.9 Å². The lowest BCUT2D eigenvalue weighted by Crippen LogP contribution is -2.35. The van der Waals surface area contributed by atoms with Crippen molar-refractivity contribution in [1.29, 1.82) is 0 Å². The smallest absolute Gasteiger partial charge is 0.141 e. The van der Waals surface area contributed by atoms with Crippen molar-refractivity contribution in [1.82, 2.24) is 0 Å². The van der Waals surface area contributed by atoms with Crippen molar-refractivity contribution in [3.8, 4) is 0 Å². The zero-order chi connectivity index (χ0) is 11.5. The summed E-state index contributed by atoms with van der Waals surface area (Å²) in [7, 11) is 0. The SMILES string of the molecule is NCC1CC(OCc2ccc(F)c(Cl)c2)C1. The van der Waals surface area contributed by atoms with E-state index >= 15 is 0 Å². The van der Waals surface area contributed by atoms with Crippen molar-refractivity contribution in [2.75, 3.05) is 6.54 Å². The summed E-state index contributed by atoms with van der Waals surface area (Å²) in [6, 6.07) is 4.67. The Morgan fingerprint density at radius 3 is 2.81 bits per heavy atom. The van der Waals surface area contributed by atoms with Crippen LogP contribution in [0.4, 0.5) is 4.39 Å². The van der Waals surface area contributed by atoms with E-state index < -0.39 is 5.82 Å². The molecule has 0 radical (unpaired) electrons. The van der Waals surface area contributed by atoms with Crippen molar-refractivity contribution in [2.24, 2.45) is 11.7 Å². The number of rotatable bonds is 4. The summed E-state index contributed by atoms with van der Waals surface area (Å²) in [5, 5.41) is 0.148. The minimum absolute atomic E-state index is 0.148. The molecule has 0 spiro atoms. The van der Waals surface area contributed by atoms with Gasteiger partial charge in [-0.05, 0) is 43.0 Å². The normalized spacial score (nSPS) is 24.2. The average Bonchev–Trinajstić information content (AvgIpc) is 2.21. The lowest BCUT2D eigenvalue weighted by molar-refractivity contribution is -0.0376. The summed E-state index contributed by atoms with van der Waals surface area (Å²) in [6.07, 6.45) is 2.37. The van der Waals surface area contributed by atoms with E-state index in [1.165, 1.54) is 6.07 Å². The fraction of sp³-hybridized carbons (Fsp3) is 0.500. The first-order chi connectivity index (χ1) is 7.69. The number of ether oxygens (including phenoxy) is 1. The molecular formula is C12H15ClFNO. The van der Waals surface area contributed by atoms with Crippen LogP contribution in [0.25, 0.3) is 0 Å². The molecule has 0 aliphatic heterocycles. The lowest BCUT2D eigenvalue weighted by Gasteiger charge is -2.34. The molecule has 1 aliphatic rings. The Kier molecular flexibility index (Phi) is 3.79. The van der Waals surface area contributed by atoms with Gasteiger partial charge in [-0.1, -0.05) is 17.7 Å². The van der Waals surface area contributed by atoms with Crippen molar-refractivity contribution in [3.63, 3.8) is 0 Å². The first-order valence-electron chi connectivity index (χ1n) is 5.44. The Balaban J connectivity index is 1.80. The van der Waals surface area contributed by atoms with Crippen LogP contribution in [0.15, 0.2) is 18.2 Å². The van der Waals surface area contributed by atoms with Crippen molar-refractivity contribution >= 4 is 11.6 Å². The maximum atomic E-state index is 12.9. The molecule has 0 bridgehead atoms. The molecular weight excluding hydrogens is 229 g/mol. The van der Waals surface area contributed by atoms with Gasteiger partial charge in [0.25, 0.3) is 0 Å². The molecule has 0 atom stereocenters. The first kappa shape index (κ1) is 11.8. The fourth-order valence-electron chi connectivity index (χ4n) is 1.85. The highest BCUT2D eigenvalue weighted by Gasteiger charge is 2.28. The van der Waals surface area contributed by atoms with Gasteiger partial charge >= 0.3 is 0 Å². The minimum atomic E-state index is -0.391. The summed E-state index contributed by atoms with van der Waals surface area (Å²) >= 11 is 5.68. The van der Waals surface area contributed by atoms with Gasteiger partial charge in [-0.2, -0.15) is 0 Å². The molecule has 0 unspecified atom stereocenters. The predicted molar refractivity (Wildman–Crippen MR) is 61.8 cm³/mol. The van der Waals surface area contributed by atoms with E-state index in [1.807, 2.05) is 0 Å². The predicted octanol–water partition coefficient (Wildman–Crippen LogP) is 2.73. The van der Waals surface area contributed by atoms with E-state index in [0.29, 0.717) is 18.6 Å². The largest absolute Gasteiger partial charge is 0.374 e. The summed E-state index contributed by atoms with van der Waals surface area (Å²) in [6.45, 7) is 1.23. The molecule has 1 saturated carbocycles. The van der Waals surface area contributed by atoms with Gasteiger partial charge in [0.15, 0.2) is 0 Å².